The Hall–Kier alpha value is -1.87. The first-order chi connectivity index (χ1) is 9.81. The molecule has 0 fully saturated rings. The van der Waals surface area contributed by atoms with Crippen LogP contribution in [0.25, 0.3) is 0 Å². The number of fused-ring (bicyclic) bond motifs is 1. The van der Waals surface area contributed by atoms with Gasteiger partial charge in [-0.25, -0.2) is 0 Å². The van der Waals surface area contributed by atoms with Crippen molar-refractivity contribution in [3.8, 4) is 0 Å². The van der Waals surface area contributed by atoms with Crippen molar-refractivity contribution in [2.24, 2.45) is 0 Å². The van der Waals surface area contributed by atoms with Crippen LogP contribution in [0.3, 0.4) is 0 Å². The molecule has 1 aliphatic heterocycles. The van der Waals surface area contributed by atoms with Gasteiger partial charge in [-0.3, -0.25) is 4.98 Å². The van der Waals surface area contributed by atoms with Gasteiger partial charge in [-0.05, 0) is 48.6 Å². The maximum absolute atomic E-state index is 4.14. The highest BCUT2D eigenvalue weighted by Gasteiger charge is 2.11. The molecular formula is C17H21N3. The van der Waals surface area contributed by atoms with E-state index < -0.39 is 0 Å². The SMILES string of the molecule is CC(Cc1ccc2c(c1)CCN2)NCc1cccnc1. The Morgan fingerprint density at radius 1 is 1.30 bits per heavy atom. The van der Waals surface area contributed by atoms with Gasteiger partial charge < -0.3 is 10.6 Å². The second-order valence-corrected chi connectivity index (χ2v) is 5.52. The Labute approximate surface area is 120 Å². The first-order valence-electron chi connectivity index (χ1n) is 7.29. The highest BCUT2D eigenvalue weighted by atomic mass is 14.9. The Bertz CT molecular complexity index is 566. The molecule has 1 unspecified atom stereocenters. The van der Waals surface area contributed by atoms with Gasteiger partial charge in [-0.15, -0.1) is 0 Å². The number of aromatic nitrogens is 1. The van der Waals surface area contributed by atoms with Crippen LogP contribution in [-0.4, -0.2) is 17.6 Å². The first-order valence-corrected chi connectivity index (χ1v) is 7.29. The zero-order chi connectivity index (χ0) is 13.8. The largest absolute Gasteiger partial charge is 0.384 e. The van der Waals surface area contributed by atoms with Gasteiger partial charge in [0.25, 0.3) is 0 Å². The van der Waals surface area contributed by atoms with Crippen molar-refractivity contribution in [1.82, 2.24) is 10.3 Å². The molecule has 3 heteroatoms. The zero-order valence-electron chi connectivity index (χ0n) is 11.9. The van der Waals surface area contributed by atoms with Gasteiger partial charge in [0, 0.05) is 37.2 Å². The van der Waals surface area contributed by atoms with E-state index in [1.54, 1.807) is 0 Å². The summed E-state index contributed by atoms with van der Waals surface area (Å²) in [6, 6.07) is 11.3. The summed E-state index contributed by atoms with van der Waals surface area (Å²) in [6.45, 7) is 4.19. The van der Waals surface area contributed by atoms with Gasteiger partial charge >= 0.3 is 0 Å². The topological polar surface area (TPSA) is 37.0 Å². The number of hydrogen-bond acceptors (Lipinski definition) is 3. The van der Waals surface area contributed by atoms with E-state index in [9.17, 15) is 0 Å². The molecular weight excluding hydrogens is 246 g/mol. The number of hydrogen-bond donors (Lipinski definition) is 2. The van der Waals surface area contributed by atoms with Crippen molar-refractivity contribution in [1.29, 1.82) is 0 Å². The molecule has 0 spiro atoms. The minimum absolute atomic E-state index is 0.461. The van der Waals surface area contributed by atoms with Gasteiger partial charge in [0.2, 0.25) is 0 Å². The predicted molar refractivity (Wildman–Crippen MR) is 82.9 cm³/mol. The molecule has 0 saturated carbocycles. The lowest BCUT2D eigenvalue weighted by molar-refractivity contribution is 0.545. The molecule has 1 atom stereocenters. The van der Waals surface area contributed by atoms with E-state index in [4.69, 9.17) is 0 Å². The lowest BCUT2D eigenvalue weighted by Gasteiger charge is -2.14. The average molecular weight is 267 g/mol. The number of rotatable bonds is 5. The Morgan fingerprint density at radius 3 is 3.10 bits per heavy atom. The standard InChI is InChI=1S/C17H21N3/c1-13(20-12-15-3-2-7-18-11-15)9-14-4-5-17-16(10-14)6-8-19-17/h2-5,7,10-11,13,19-20H,6,8-9,12H2,1H3. The fourth-order valence-corrected chi connectivity index (χ4v) is 2.71. The van der Waals surface area contributed by atoms with Crippen LogP contribution in [0, 0.1) is 0 Å². The van der Waals surface area contributed by atoms with E-state index in [2.05, 4.69) is 46.8 Å². The lowest BCUT2D eigenvalue weighted by atomic mass is 10.0. The normalized spacial score (nSPS) is 14.7. The molecule has 1 aromatic carbocycles. The van der Waals surface area contributed by atoms with Crippen molar-refractivity contribution in [3.63, 3.8) is 0 Å². The van der Waals surface area contributed by atoms with E-state index in [0.717, 1.165) is 25.9 Å². The molecule has 2 heterocycles. The second-order valence-electron chi connectivity index (χ2n) is 5.52. The van der Waals surface area contributed by atoms with Crippen LogP contribution >= 0.6 is 0 Å². The molecule has 104 valence electrons. The maximum atomic E-state index is 4.14. The Morgan fingerprint density at radius 2 is 2.25 bits per heavy atom. The van der Waals surface area contributed by atoms with Gasteiger partial charge in [0.15, 0.2) is 0 Å². The number of anilines is 1. The van der Waals surface area contributed by atoms with E-state index in [0.29, 0.717) is 6.04 Å². The quantitative estimate of drug-likeness (QED) is 0.874. The molecule has 0 radical (unpaired) electrons. The number of nitrogens with zero attached hydrogens (tertiary/aromatic N) is 1. The molecule has 0 saturated heterocycles. The van der Waals surface area contributed by atoms with Gasteiger partial charge in [-0.1, -0.05) is 18.2 Å². The molecule has 1 aliphatic rings. The summed E-state index contributed by atoms with van der Waals surface area (Å²) in [6.07, 6.45) is 5.94. The minimum atomic E-state index is 0.461. The molecule has 0 amide bonds. The maximum Gasteiger partial charge on any atom is 0.0373 e. The molecule has 0 aliphatic carbocycles. The van der Waals surface area contributed by atoms with E-state index >= 15 is 0 Å². The first kappa shape index (κ1) is 13.1. The highest BCUT2D eigenvalue weighted by Crippen LogP contribution is 2.23. The predicted octanol–water partition coefficient (Wildman–Crippen LogP) is 2.77. The lowest BCUT2D eigenvalue weighted by Crippen LogP contribution is -2.27. The summed E-state index contributed by atoms with van der Waals surface area (Å²) in [7, 11) is 0. The second kappa shape index (κ2) is 6.06. The number of nitrogens with one attached hydrogen (secondary N) is 2. The van der Waals surface area contributed by atoms with Crippen molar-refractivity contribution >= 4 is 5.69 Å². The van der Waals surface area contributed by atoms with Crippen molar-refractivity contribution in [2.45, 2.75) is 32.4 Å². The van der Waals surface area contributed by atoms with Gasteiger partial charge in [0.1, 0.15) is 0 Å². The summed E-state index contributed by atoms with van der Waals surface area (Å²) in [5.74, 6) is 0. The van der Waals surface area contributed by atoms with E-state index in [1.165, 1.54) is 22.4 Å². The Kier molecular flexibility index (Phi) is 3.97. The third-order valence-corrected chi connectivity index (χ3v) is 3.80. The molecule has 1 aromatic heterocycles. The molecule has 0 bridgehead atoms. The van der Waals surface area contributed by atoms with Gasteiger partial charge in [0.05, 0.1) is 0 Å². The fraction of sp³-hybridized carbons (Fsp3) is 0.353. The van der Waals surface area contributed by atoms with Crippen LogP contribution in [0.15, 0.2) is 42.7 Å². The van der Waals surface area contributed by atoms with Crippen molar-refractivity contribution in [2.75, 3.05) is 11.9 Å². The van der Waals surface area contributed by atoms with E-state index in [1.807, 2.05) is 18.5 Å². The Balaban J connectivity index is 1.55. The summed E-state index contributed by atoms with van der Waals surface area (Å²) in [5.41, 5.74) is 5.42. The van der Waals surface area contributed by atoms with Gasteiger partial charge in [-0.2, -0.15) is 0 Å². The van der Waals surface area contributed by atoms with Crippen LogP contribution in [0.5, 0.6) is 0 Å². The summed E-state index contributed by atoms with van der Waals surface area (Å²) < 4.78 is 0. The summed E-state index contributed by atoms with van der Waals surface area (Å²) in [4.78, 5) is 4.14. The molecule has 3 rings (SSSR count). The highest BCUT2D eigenvalue weighted by molar-refractivity contribution is 5.56. The van der Waals surface area contributed by atoms with Crippen LogP contribution in [0.2, 0.25) is 0 Å². The third kappa shape index (κ3) is 3.17. The van der Waals surface area contributed by atoms with E-state index in [-0.39, 0.29) is 0 Å². The molecule has 3 nitrogen and oxygen atoms in total. The van der Waals surface area contributed by atoms with Crippen LogP contribution in [-0.2, 0) is 19.4 Å². The fourth-order valence-electron chi connectivity index (χ4n) is 2.71. The smallest absolute Gasteiger partial charge is 0.0373 e. The zero-order valence-corrected chi connectivity index (χ0v) is 11.9. The average Bonchev–Trinajstić information content (AvgIpc) is 2.94. The molecule has 2 aromatic rings. The van der Waals surface area contributed by atoms with Crippen LogP contribution in [0.4, 0.5) is 5.69 Å². The van der Waals surface area contributed by atoms with Crippen molar-refractivity contribution in [3.05, 3.63) is 59.4 Å². The summed E-state index contributed by atoms with van der Waals surface area (Å²) >= 11 is 0. The third-order valence-electron chi connectivity index (χ3n) is 3.80. The van der Waals surface area contributed by atoms with Crippen LogP contribution in [0.1, 0.15) is 23.6 Å². The monoisotopic (exact) mass is 267 g/mol. The number of pyridine rings is 1. The molecule has 2 N–H and O–H groups in total. The van der Waals surface area contributed by atoms with Crippen LogP contribution < -0.4 is 10.6 Å². The number of benzene rings is 1. The minimum Gasteiger partial charge on any atom is -0.384 e. The molecule has 20 heavy (non-hydrogen) atoms. The van der Waals surface area contributed by atoms with Crippen molar-refractivity contribution < 1.29 is 0 Å². The summed E-state index contributed by atoms with van der Waals surface area (Å²) in [5, 5.41) is 6.96.